The molecule has 122 valence electrons. The normalized spacial score (nSPS) is 10.5. The van der Waals surface area contributed by atoms with Gasteiger partial charge < -0.3 is 10.4 Å². The first-order chi connectivity index (χ1) is 11.0. The van der Waals surface area contributed by atoms with Crippen molar-refractivity contribution in [2.24, 2.45) is 7.05 Å². The highest BCUT2D eigenvalue weighted by Gasteiger charge is 2.18. The lowest BCUT2D eigenvalue weighted by Crippen LogP contribution is -2.24. The second-order valence-electron chi connectivity index (χ2n) is 5.15. The number of nitrogens with one attached hydrogen (secondary N) is 1. The molecule has 0 unspecified atom stereocenters. The summed E-state index contributed by atoms with van der Waals surface area (Å²) in [6.45, 7) is 0.420. The van der Waals surface area contributed by atoms with Gasteiger partial charge in [0.15, 0.2) is 0 Å². The molecule has 2 aromatic rings. The number of aryl methyl sites for hydroxylation is 1. The van der Waals surface area contributed by atoms with E-state index in [1.54, 1.807) is 24.0 Å². The van der Waals surface area contributed by atoms with Crippen LogP contribution in [0.1, 0.15) is 29.6 Å². The van der Waals surface area contributed by atoms with Crippen molar-refractivity contribution >= 4 is 23.5 Å². The Hall–Kier alpha value is -2.34. The molecule has 0 radical (unpaired) electrons. The number of amides is 1. The molecule has 0 aliphatic rings. The quantitative estimate of drug-likeness (QED) is 0.762. The number of carbonyl (C=O) groups is 2. The minimum absolute atomic E-state index is 0.105. The molecule has 2 rings (SSSR count). The van der Waals surface area contributed by atoms with Crippen molar-refractivity contribution < 1.29 is 14.7 Å². The third kappa shape index (κ3) is 4.56. The number of halogens is 1. The Morgan fingerprint density at radius 2 is 2.04 bits per heavy atom. The Morgan fingerprint density at radius 3 is 2.74 bits per heavy atom. The van der Waals surface area contributed by atoms with Crippen molar-refractivity contribution in [2.45, 2.75) is 19.3 Å². The highest BCUT2D eigenvalue weighted by Crippen LogP contribution is 2.28. The molecule has 1 aromatic heterocycles. The minimum Gasteiger partial charge on any atom is -0.481 e. The minimum atomic E-state index is -0.829. The highest BCUT2D eigenvalue weighted by atomic mass is 35.5. The summed E-state index contributed by atoms with van der Waals surface area (Å²) in [5.74, 6) is -1.08. The van der Waals surface area contributed by atoms with Crippen LogP contribution in [0.5, 0.6) is 0 Å². The second kappa shape index (κ2) is 7.78. The van der Waals surface area contributed by atoms with Gasteiger partial charge in [-0.2, -0.15) is 5.10 Å². The van der Waals surface area contributed by atoms with Crippen LogP contribution in [-0.2, 0) is 11.8 Å². The molecule has 0 saturated heterocycles. The van der Waals surface area contributed by atoms with Gasteiger partial charge in [-0.1, -0.05) is 29.8 Å². The molecule has 6 nitrogen and oxygen atoms in total. The molecule has 0 aliphatic carbocycles. The monoisotopic (exact) mass is 335 g/mol. The number of carboxylic acid groups (broad SMARTS) is 1. The summed E-state index contributed by atoms with van der Waals surface area (Å²) >= 11 is 6.18. The number of rotatable bonds is 7. The summed E-state index contributed by atoms with van der Waals surface area (Å²) in [4.78, 5) is 22.8. The lowest BCUT2D eigenvalue weighted by molar-refractivity contribution is -0.137. The molecule has 0 spiro atoms. The molecule has 0 saturated carbocycles. The van der Waals surface area contributed by atoms with E-state index in [-0.39, 0.29) is 12.3 Å². The Labute approximate surface area is 139 Å². The van der Waals surface area contributed by atoms with Crippen LogP contribution in [0.4, 0.5) is 0 Å². The first kappa shape index (κ1) is 17.0. The topological polar surface area (TPSA) is 84.2 Å². The van der Waals surface area contributed by atoms with Gasteiger partial charge in [-0.25, -0.2) is 0 Å². The van der Waals surface area contributed by atoms with E-state index in [0.29, 0.717) is 41.2 Å². The number of nitrogens with zero attached hydrogens (tertiary/aromatic N) is 2. The zero-order valence-electron chi connectivity index (χ0n) is 12.8. The second-order valence-corrected chi connectivity index (χ2v) is 5.56. The summed E-state index contributed by atoms with van der Waals surface area (Å²) in [5, 5.41) is 16.2. The van der Waals surface area contributed by atoms with Crippen molar-refractivity contribution in [2.75, 3.05) is 6.54 Å². The standard InChI is InChI=1S/C16H18ClN3O3/c1-20-10-12(16(23)18-9-5-4-8-14(21)22)15(19-20)11-6-2-3-7-13(11)17/h2-3,6-7,10H,4-5,8-9H2,1H3,(H,18,23)(H,21,22). The lowest BCUT2D eigenvalue weighted by atomic mass is 10.1. The number of unbranched alkanes of at least 4 members (excludes halogenated alkanes) is 1. The van der Waals surface area contributed by atoms with Crippen LogP contribution < -0.4 is 5.32 Å². The molecular formula is C16H18ClN3O3. The smallest absolute Gasteiger partial charge is 0.303 e. The maximum atomic E-state index is 12.3. The molecule has 7 heteroatoms. The molecule has 0 aliphatic heterocycles. The third-order valence-electron chi connectivity index (χ3n) is 3.31. The van der Waals surface area contributed by atoms with E-state index in [9.17, 15) is 9.59 Å². The van der Waals surface area contributed by atoms with Gasteiger partial charge in [0.1, 0.15) is 5.69 Å². The van der Waals surface area contributed by atoms with Gasteiger partial charge in [-0.05, 0) is 18.9 Å². The molecule has 1 aromatic carbocycles. The van der Waals surface area contributed by atoms with Gasteiger partial charge in [-0.3, -0.25) is 14.3 Å². The van der Waals surface area contributed by atoms with Gasteiger partial charge in [-0.15, -0.1) is 0 Å². The van der Waals surface area contributed by atoms with Crippen molar-refractivity contribution in [3.05, 3.63) is 41.0 Å². The van der Waals surface area contributed by atoms with Gasteiger partial charge in [0, 0.05) is 31.8 Å². The zero-order chi connectivity index (χ0) is 16.8. The largest absolute Gasteiger partial charge is 0.481 e. The van der Waals surface area contributed by atoms with E-state index in [2.05, 4.69) is 10.4 Å². The van der Waals surface area contributed by atoms with Crippen LogP contribution in [-0.4, -0.2) is 33.3 Å². The molecule has 0 bridgehead atoms. The van der Waals surface area contributed by atoms with Crippen LogP contribution in [0.15, 0.2) is 30.5 Å². The lowest BCUT2D eigenvalue weighted by Gasteiger charge is -2.06. The van der Waals surface area contributed by atoms with Gasteiger partial charge in [0.2, 0.25) is 0 Å². The molecule has 23 heavy (non-hydrogen) atoms. The molecular weight excluding hydrogens is 318 g/mol. The summed E-state index contributed by atoms with van der Waals surface area (Å²) in [6.07, 6.45) is 2.89. The van der Waals surface area contributed by atoms with Crippen LogP contribution >= 0.6 is 11.6 Å². The number of carbonyl (C=O) groups excluding carboxylic acids is 1. The summed E-state index contributed by atoms with van der Waals surface area (Å²) < 4.78 is 1.57. The van der Waals surface area contributed by atoms with Crippen molar-refractivity contribution in [3.8, 4) is 11.3 Å². The van der Waals surface area contributed by atoms with Crippen molar-refractivity contribution in [3.63, 3.8) is 0 Å². The predicted octanol–water partition coefficient (Wildman–Crippen LogP) is 2.73. The SMILES string of the molecule is Cn1cc(C(=O)NCCCCC(=O)O)c(-c2ccccc2Cl)n1. The molecule has 0 fully saturated rings. The average Bonchev–Trinajstić information content (AvgIpc) is 2.88. The maximum absolute atomic E-state index is 12.3. The van der Waals surface area contributed by atoms with Gasteiger partial charge >= 0.3 is 5.97 Å². The fourth-order valence-electron chi connectivity index (χ4n) is 2.21. The first-order valence-electron chi connectivity index (χ1n) is 7.27. The molecule has 1 heterocycles. The van der Waals surface area contributed by atoms with E-state index >= 15 is 0 Å². The summed E-state index contributed by atoms with van der Waals surface area (Å²) in [7, 11) is 1.74. The molecule has 1 amide bonds. The number of hydrogen-bond donors (Lipinski definition) is 2. The zero-order valence-corrected chi connectivity index (χ0v) is 13.5. The van der Waals surface area contributed by atoms with E-state index in [1.807, 2.05) is 18.2 Å². The first-order valence-corrected chi connectivity index (χ1v) is 7.65. The fourth-order valence-corrected chi connectivity index (χ4v) is 2.43. The van der Waals surface area contributed by atoms with E-state index in [0.717, 1.165) is 0 Å². The van der Waals surface area contributed by atoms with Crippen LogP contribution in [0.2, 0.25) is 5.02 Å². The Morgan fingerprint density at radius 1 is 1.30 bits per heavy atom. The van der Waals surface area contributed by atoms with E-state index in [1.165, 1.54) is 0 Å². The van der Waals surface area contributed by atoms with Crippen molar-refractivity contribution in [1.82, 2.24) is 15.1 Å². The van der Waals surface area contributed by atoms with Crippen molar-refractivity contribution in [1.29, 1.82) is 0 Å². The van der Waals surface area contributed by atoms with Gasteiger partial charge in [0.25, 0.3) is 5.91 Å². The van der Waals surface area contributed by atoms with Crippen LogP contribution in [0, 0.1) is 0 Å². The summed E-state index contributed by atoms with van der Waals surface area (Å²) in [5.41, 5.74) is 1.67. The highest BCUT2D eigenvalue weighted by molar-refractivity contribution is 6.33. The maximum Gasteiger partial charge on any atom is 0.303 e. The Kier molecular flexibility index (Phi) is 5.76. The fraction of sp³-hybridized carbons (Fsp3) is 0.312. The summed E-state index contributed by atoms with van der Waals surface area (Å²) in [6, 6.07) is 7.22. The Bertz CT molecular complexity index is 712. The number of benzene rings is 1. The number of aromatic nitrogens is 2. The van der Waals surface area contributed by atoms with Crippen LogP contribution in [0.3, 0.4) is 0 Å². The van der Waals surface area contributed by atoms with Crippen LogP contribution in [0.25, 0.3) is 11.3 Å². The predicted molar refractivity (Wildman–Crippen MR) is 87.5 cm³/mol. The molecule has 0 atom stereocenters. The number of carboxylic acids is 1. The molecule has 2 N–H and O–H groups in total. The number of hydrogen-bond acceptors (Lipinski definition) is 3. The average molecular weight is 336 g/mol. The third-order valence-corrected chi connectivity index (χ3v) is 3.63. The Balaban J connectivity index is 2.07. The van der Waals surface area contributed by atoms with Gasteiger partial charge in [0.05, 0.1) is 10.6 Å². The van der Waals surface area contributed by atoms with E-state index < -0.39 is 5.97 Å². The number of aliphatic carboxylic acids is 1. The van der Waals surface area contributed by atoms with E-state index in [4.69, 9.17) is 16.7 Å².